The number of halogens is 4. The Morgan fingerprint density at radius 2 is 1.79 bits per heavy atom. The minimum Gasteiger partial charge on any atom is -0.439 e. The van der Waals surface area contributed by atoms with Crippen LogP contribution in [0.15, 0.2) is 42.6 Å². The number of rotatable bonds is 3. The second-order valence-electron chi connectivity index (χ2n) is 3.73. The topological polar surface area (TPSA) is 22.1 Å². The van der Waals surface area contributed by atoms with Crippen LogP contribution in [-0.2, 0) is 12.1 Å². The summed E-state index contributed by atoms with van der Waals surface area (Å²) in [6, 6.07) is 7.85. The van der Waals surface area contributed by atoms with Gasteiger partial charge < -0.3 is 4.74 Å². The minimum atomic E-state index is -4.36. The maximum atomic E-state index is 12.4. The molecule has 1 aromatic carbocycles. The molecule has 0 saturated heterocycles. The molecule has 2 nitrogen and oxygen atoms in total. The van der Waals surface area contributed by atoms with Crippen molar-refractivity contribution in [1.82, 2.24) is 4.98 Å². The van der Waals surface area contributed by atoms with Crippen molar-refractivity contribution in [1.29, 1.82) is 0 Å². The van der Waals surface area contributed by atoms with Crippen LogP contribution in [-0.4, -0.2) is 4.98 Å². The number of hydrogen-bond donors (Lipinski definition) is 0. The number of pyridine rings is 1. The SMILES string of the molecule is FC(F)(F)c1ccc(Oc2ncccc2CCl)cc1. The highest BCUT2D eigenvalue weighted by atomic mass is 35.5. The Hall–Kier alpha value is -1.75. The molecule has 0 fully saturated rings. The molecule has 19 heavy (non-hydrogen) atoms. The Bertz CT molecular complexity index is 555. The largest absolute Gasteiger partial charge is 0.439 e. The zero-order chi connectivity index (χ0) is 13.9. The minimum absolute atomic E-state index is 0.212. The summed E-state index contributed by atoms with van der Waals surface area (Å²) in [6.07, 6.45) is -2.83. The predicted molar refractivity (Wildman–Crippen MR) is 65.3 cm³/mol. The van der Waals surface area contributed by atoms with Crippen LogP contribution in [0.1, 0.15) is 11.1 Å². The van der Waals surface area contributed by atoms with Gasteiger partial charge in [-0.2, -0.15) is 13.2 Å². The first-order valence-corrected chi connectivity index (χ1v) is 5.89. The average Bonchev–Trinajstić information content (AvgIpc) is 2.39. The first-order valence-electron chi connectivity index (χ1n) is 5.35. The zero-order valence-electron chi connectivity index (χ0n) is 9.62. The van der Waals surface area contributed by atoms with E-state index < -0.39 is 11.7 Å². The number of nitrogens with zero attached hydrogens (tertiary/aromatic N) is 1. The molecule has 6 heteroatoms. The number of ether oxygens (including phenoxy) is 1. The summed E-state index contributed by atoms with van der Waals surface area (Å²) in [5.41, 5.74) is -0.0532. The fourth-order valence-electron chi connectivity index (χ4n) is 1.44. The predicted octanol–water partition coefficient (Wildman–Crippen LogP) is 4.63. The number of alkyl halides is 4. The summed E-state index contributed by atoms with van der Waals surface area (Å²) in [4.78, 5) is 3.99. The molecule has 0 aliphatic heterocycles. The van der Waals surface area contributed by atoms with Gasteiger partial charge >= 0.3 is 6.18 Å². The molecule has 1 aromatic heterocycles. The van der Waals surface area contributed by atoms with E-state index in [1.54, 1.807) is 12.1 Å². The molecule has 0 spiro atoms. The lowest BCUT2D eigenvalue weighted by Gasteiger charge is -2.10. The highest BCUT2D eigenvalue weighted by Crippen LogP contribution is 2.31. The summed E-state index contributed by atoms with van der Waals surface area (Å²) in [5.74, 6) is 0.777. The molecule has 2 rings (SSSR count). The molecule has 2 aromatic rings. The molecule has 100 valence electrons. The van der Waals surface area contributed by atoms with Crippen molar-refractivity contribution in [3.63, 3.8) is 0 Å². The summed E-state index contributed by atoms with van der Waals surface area (Å²) in [6.45, 7) is 0. The molecule has 0 aliphatic rings. The van der Waals surface area contributed by atoms with Gasteiger partial charge in [0.1, 0.15) is 5.75 Å². The van der Waals surface area contributed by atoms with Gasteiger partial charge in [0.2, 0.25) is 5.88 Å². The van der Waals surface area contributed by atoms with Gasteiger partial charge in [-0.3, -0.25) is 0 Å². The van der Waals surface area contributed by atoms with E-state index >= 15 is 0 Å². The Labute approximate surface area is 112 Å². The van der Waals surface area contributed by atoms with E-state index in [4.69, 9.17) is 16.3 Å². The lowest BCUT2D eigenvalue weighted by Crippen LogP contribution is -2.04. The molecular formula is C13H9ClF3NO. The van der Waals surface area contributed by atoms with Crippen LogP contribution in [0.4, 0.5) is 13.2 Å². The molecule has 1 heterocycles. The smallest absolute Gasteiger partial charge is 0.416 e. The molecule has 0 aliphatic carbocycles. The molecule has 0 radical (unpaired) electrons. The maximum absolute atomic E-state index is 12.4. The standard InChI is InChI=1S/C13H9ClF3NO/c14-8-9-2-1-7-18-12(9)19-11-5-3-10(4-6-11)13(15,16)17/h1-7H,8H2. The molecule has 0 bridgehead atoms. The van der Waals surface area contributed by atoms with Crippen molar-refractivity contribution in [2.45, 2.75) is 12.1 Å². The van der Waals surface area contributed by atoms with E-state index in [-0.39, 0.29) is 17.5 Å². The molecule has 0 saturated carbocycles. The van der Waals surface area contributed by atoms with Crippen LogP contribution < -0.4 is 4.74 Å². The third-order valence-electron chi connectivity index (χ3n) is 2.39. The monoisotopic (exact) mass is 287 g/mol. The first-order chi connectivity index (χ1) is 9.00. The molecule has 0 amide bonds. The second kappa shape index (κ2) is 5.48. The zero-order valence-corrected chi connectivity index (χ0v) is 10.4. The van der Waals surface area contributed by atoms with Crippen LogP contribution in [0, 0.1) is 0 Å². The Morgan fingerprint density at radius 1 is 1.11 bits per heavy atom. The second-order valence-corrected chi connectivity index (χ2v) is 3.99. The van der Waals surface area contributed by atoms with Gasteiger partial charge in [0, 0.05) is 11.8 Å². The fourth-order valence-corrected chi connectivity index (χ4v) is 1.64. The van der Waals surface area contributed by atoms with E-state index in [9.17, 15) is 13.2 Å². The van der Waals surface area contributed by atoms with E-state index in [2.05, 4.69) is 4.98 Å². The van der Waals surface area contributed by atoms with E-state index in [1.807, 2.05) is 0 Å². The quantitative estimate of drug-likeness (QED) is 0.768. The lowest BCUT2D eigenvalue weighted by molar-refractivity contribution is -0.137. The molecule has 0 atom stereocenters. The van der Waals surface area contributed by atoms with Gasteiger partial charge in [-0.15, -0.1) is 11.6 Å². The fraction of sp³-hybridized carbons (Fsp3) is 0.154. The highest BCUT2D eigenvalue weighted by Gasteiger charge is 2.30. The third kappa shape index (κ3) is 3.38. The van der Waals surface area contributed by atoms with Crippen molar-refractivity contribution < 1.29 is 17.9 Å². The molecule has 0 N–H and O–H groups in total. The van der Waals surface area contributed by atoms with Gasteiger partial charge in [-0.25, -0.2) is 4.98 Å². The first kappa shape index (κ1) is 13.7. The van der Waals surface area contributed by atoms with Crippen LogP contribution in [0.2, 0.25) is 0 Å². The highest BCUT2D eigenvalue weighted by molar-refractivity contribution is 6.17. The average molecular weight is 288 g/mol. The number of aromatic nitrogens is 1. The van der Waals surface area contributed by atoms with Gasteiger partial charge in [0.15, 0.2) is 0 Å². The van der Waals surface area contributed by atoms with Crippen molar-refractivity contribution in [3.05, 3.63) is 53.7 Å². The number of benzene rings is 1. The van der Waals surface area contributed by atoms with Crippen molar-refractivity contribution in [2.24, 2.45) is 0 Å². The van der Waals surface area contributed by atoms with E-state index in [0.29, 0.717) is 5.56 Å². The van der Waals surface area contributed by atoms with E-state index in [0.717, 1.165) is 12.1 Å². The molecule has 0 unspecified atom stereocenters. The number of hydrogen-bond acceptors (Lipinski definition) is 2. The third-order valence-corrected chi connectivity index (χ3v) is 2.68. The van der Waals surface area contributed by atoms with Crippen molar-refractivity contribution >= 4 is 11.6 Å². The van der Waals surface area contributed by atoms with Crippen LogP contribution in [0.3, 0.4) is 0 Å². The van der Waals surface area contributed by atoms with Crippen LogP contribution in [0.5, 0.6) is 11.6 Å². The summed E-state index contributed by atoms with van der Waals surface area (Å²) < 4.78 is 42.6. The maximum Gasteiger partial charge on any atom is 0.416 e. The van der Waals surface area contributed by atoms with Gasteiger partial charge in [-0.1, -0.05) is 6.07 Å². The van der Waals surface area contributed by atoms with Crippen LogP contribution >= 0.6 is 11.6 Å². The van der Waals surface area contributed by atoms with E-state index in [1.165, 1.54) is 18.3 Å². The van der Waals surface area contributed by atoms with Gasteiger partial charge in [0.25, 0.3) is 0 Å². The van der Waals surface area contributed by atoms with Crippen molar-refractivity contribution in [3.8, 4) is 11.6 Å². The summed E-state index contributed by atoms with van der Waals surface area (Å²) >= 11 is 5.71. The Balaban J connectivity index is 2.20. The lowest BCUT2D eigenvalue weighted by atomic mass is 10.2. The Morgan fingerprint density at radius 3 is 2.37 bits per heavy atom. The normalized spacial score (nSPS) is 11.4. The molecular weight excluding hydrogens is 279 g/mol. The van der Waals surface area contributed by atoms with Gasteiger partial charge in [-0.05, 0) is 30.3 Å². The summed E-state index contributed by atoms with van der Waals surface area (Å²) in [5, 5.41) is 0. The Kier molecular flexibility index (Phi) is 3.95. The van der Waals surface area contributed by atoms with Crippen LogP contribution in [0.25, 0.3) is 0 Å². The summed E-state index contributed by atoms with van der Waals surface area (Å²) in [7, 11) is 0. The van der Waals surface area contributed by atoms with Crippen molar-refractivity contribution in [2.75, 3.05) is 0 Å². The van der Waals surface area contributed by atoms with Gasteiger partial charge in [0.05, 0.1) is 11.4 Å².